The van der Waals surface area contributed by atoms with Crippen LogP contribution in [0.3, 0.4) is 0 Å². The Kier molecular flexibility index (Phi) is 6.67. The smallest absolute Gasteiger partial charge is 0.311 e. The maximum Gasteiger partial charge on any atom is 0.311 e. The van der Waals surface area contributed by atoms with Gasteiger partial charge in [-0.1, -0.05) is 41.4 Å². The molecule has 0 spiro atoms. The predicted molar refractivity (Wildman–Crippen MR) is 97.3 cm³/mol. The number of nitrogens with one attached hydrogen (secondary N) is 1. The zero-order valence-corrected chi connectivity index (χ0v) is 15.2. The number of anilines is 1. The average Bonchev–Trinajstić information content (AvgIpc) is 2.58. The molecule has 2 rings (SSSR count). The second-order valence-electron chi connectivity index (χ2n) is 5.23. The molecule has 0 unspecified atom stereocenters. The topological polar surface area (TPSA) is 64.6 Å². The van der Waals surface area contributed by atoms with Crippen LogP contribution in [0.2, 0.25) is 10.0 Å². The van der Waals surface area contributed by atoms with E-state index in [0.717, 1.165) is 0 Å². The van der Waals surface area contributed by atoms with Crippen molar-refractivity contribution in [1.82, 2.24) is 0 Å². The van der Waals surface area contributed by atoms with Gasteiger partial charge in [0.25, 0.3) is 5.91 Å². The van der Waals surface area contributed by atoms with Gasteiger partial charge in [0.2, 0.25) is 0 Å². The average molecular weight is 382 g/mol. The number of carbonyl (C=O) groups excluding carboxylic acids is 2. The van der Waals surface area contributed by atoms with Crippen LogP contribution in [0, 0.1) is 0 Å². The standard InChI is InChI=1S/C18H17Cl2NO4/c1-11(18(23)21-15-10-13(19)7-8-14(15)20)25-17(22)9-12-5-3-4-6-16(12)24-2/h3-8,10-11H,9H2,1-2H3,(H,21,23)/t11-/m0/s1. The van der Waals surface area contributed by atoms with E-state index in [-0.39, 0.29) is 6.42 Å². The summed E-state index contributed by atoms with van der Waals surface area (Å²) >= 11 is 11.9. The summed E-state index contributed by atoms with van der Waals surface area (Å²) in [6.45, 7) is 1.48. The Labute approximate surface area is 155 Å². The highest BCUT2D eigenvalue weighted by Gasteiger charge is 2.20. The van der Waals surface area contributed by atoms with Crippen molar-refractivity contribution in [3.63, 3.8) is 0 Å². The summed E-state index contributed by atoms with van der Waals surface area (Å²) in [5.74, 6) is -0.454. The molecule has 0 aliphatic carbocycles. The van der Waals surface area contributed by atoms with Crippen molar-refractivity contribution in [2.75, 3.05) is 12.4 Å². The Morgan fingerprint density at radius 3 is 2.60 bits per heavy atom. The number of amides is 1. The fraction of sp³-hybridized carbons (Fsp3) is 0.222. The highest BCUT2D eigenvalue weighted by Crippen LogP contribution is 2.25. The molecule has 0 aliphatic rings. The summed E-state index contributed by atoms with van der Waals surface area (Å²) in [5, 5.41) is 3.35. The lowest BCUT2D eigenvalue weighted by atomic mass is 10.1. The Balaban J connectivity index is 1.96. The number of carbonyl (C=O) groups is 2. The van der Waals surface area contributed by atoms with Crippen molar-refractivity contribution in [2.24, 2.45) is 0 Å². The first-order valence-electron chi connectivity index (χ1n) is 7.48. The van der Waals surface area contributed by atoms with Crippen molar-refractivity contribution in [1.29, 1.82) is 0 Å². The fourth-order valence-corrected chi connectivity index (χ4v) is 2.46. The van der Waals surface area contributed by atoms with Crippen molar-refractivity contribution in [3.05, 3.63) is 58.1 Å². The third-order valence-corrected chi connectivity index (χ3v) is 3.96. The molecule has 0 radical (unpaired) electrons. The maximum absolute atomic E-state index is 12.2. The van der Waals surface area contributed by atoms with E-state index in [0.29, 0.717) is 27.0 Å². The van der Waals surface area contributed by atoms with Crippen LogP contribution < -0.4 is 10.1 Å². The molecule has 7 heteroatoms. The van der Waals surface area contributed by atoms with E-state index in [1.165, 1.54) is 20.1 Å². The minimum atomic E-state index is -0.989. The molecule has 1 amide bonds. The summed E-state index contributed by atoms with van der Waals surface area (Å²) in [5.41, 5.74) is 1.03. The molecule has 0 heterocycles. The molecule has 0 aromatic heterocycles. The zero-order chi connectivity index (χ0) is 18.4. The number of esters is 1. The lowest BCUT2D eigenvalue weighted by Crippen LogP contribution is -2.30. The van der Waals surface area contributed by atoms with Gasteiger partial charge in [-0.05, 0) is 31.2 Å². The highest BCUT2D eigenvalue weighted by atomic mass is 35.5. The van der Waals surface area contributed by atoms with Gasteiger partial charge in [0.05, 0.1) is 24.2 Å². The van der Waals surface area contributed by atoms with E-state index >= 15 is 0 Å². The van der Waals surface area contributed by atoms with Crippen LogP contribution in [0.5, 0.6) is 5.75 Å². The van der Waals surface area contributed by atoms with Gasteiger partial charge in [0.1, 0.15) is 5.75 Å². The predicted octanol–water partition coefficient (Wildman–Crippen LogP) is 4.11. The molecular formula is C18H17Cl2NO4. The van der Waals surface area contributed by atoms with E-state index in [1.54, 1.807) is 36.4 Å². The number of hydrogen-bond acceptors (Lipinski definition) is 4. The van der Waals surface area contributed by atoms with E-state index in [1.807, 2.05) is 0 Å². The van der Waals surface area contributed by atoms with Gasteiger partial charge in [0, 0.05) is 10.6 Å². The number of halogens is 2. The number of para-hydroxylation sites is 1. The van der Waals surface area contributed by atoms with Gasteiger partial charge < -0.3 is 14.8 Å². The fourth-order valence-electron chi connectivity index (χ4n) is 2.12. The summed E-state index contributed by atoms with van der Waals surface area (Å²) in [7, 11) is 1.52. The lowest BCUT2D eigenvalue weighted by Gasteiger charge is -2.15. The molecule has 2 aromatic carbocycles. The quantitative estimate of drug-likeness (QED) is 0.764. The van der Waals surface area contributed by atoms with Crippen LogP contribution in [-0.4, -0.2) is 25.1 Å². The molecule has 0 bridgehead atoms. The molecular weight excluding hydrogens is 365 g/mol. The Hall–Kier alpha value is -2.24. The van der Waals surface area contributed by atoms with Gasteiger partial charge in [-0.15, -0.1) is 0 Å². The van der Waals surface area contributed by atoms with Gasteiger partial charge in [-0.25, -0.2) is 0 Å². The van der Waals surface area contributed by atoms with Crippen molar-refractivity contribution < 1.29 is 19.1 Å². The number of ether oxygens (including phenoxy) is 2. The van der Waals surface area contributed by atoms with Gasteiger partial charge >= 0.3 is 5.97 Å². The molecule has 2 aromatic rings. The SMILES string of the molecule is COc1ccccc1CC(=O)O[C@@H](C)C(=O)Nc1cc(Cl)ccc1Cl. The van der Waals surface area contributed by atoms with E-state index in [2.05, 4.69) is 5.32 Å². The Morgan fingerprint density at radius 2 is 1.88 bits per heavy atom. The Morgan fingerprint density at radius 1 is 1.16 bits per heavy atom. The minimum absolute atomic E-state index is 0.000442. The van der Waals surface area contributed by atoms with Crippen LogP contribution in [0.25, 0.3) is 0 Å². The molecule has 0 saturated heterocycles. The van der Waals surface area contributed by atoms with E-state index < -0.39 is 18.0 Å². The summed E-state index contributed by atoms with van der Waals surface area (Å²) in [4.78, 5) is 24.2. The molecule has 1 N–H and O–H groups in total. The molecule has 0 fully saturated rings. The second kappa shape index (κ2) is 8.74. The molecule has 5 nitrogen and oxygen atoms in total. The number of hydrogen-bond donors (Lipinski definition) is 1. The number of rotatable bonds is 6. The van der Waals surface area contributed by atoms with Crippen LogP contribution in [0.1, 0.15) is 12.5 Å². The van der Waals surface area contributed by atoms with Crippen LogP contribution in [0.15, 0.2) is 42.5 Å². The van der Waals surface area contributed by atoms with Crippen LogP contribution in [-0.2, 0) is 20.7 Å². The normalized spacial score (nSPS) is 11.5. The monoisotopic (exact) mass is 381 g/mol. The summed E-state index contributed by atoms with van der Waals surface area (Å²) in [6, 6.07) is 11.8. The number of methoxy groups -OCH3 is 1. The van der Waals surface area contributed by atoms with Crippen molar-refractivity contribution in [3.8, 4) is 5.75 Å². The number of benzene rings is 2. The molecule has 25 heavy (non-hydrogen) atoms. The third kappa shape index (κ3) is 5.37. The minimum Gasteiger partial charge on any atom is -0.496 e. The first-order valence-corrected chi connectivity index (χ1v) is 8.23. The third-order valence-electron chi connectivity index (χ3n) is 3.39. The zero-order valence-electron chi connectivity index (χ0n) is 13.7. The largest absolute Gasteiger partial charge is 0.496 e. The lowest BCUT2D eigenvalue weighted by molar-refractivity contribution is -0.152. The van der Waals surface area contributed by atoms with Crippen molar-refractivity contribution >= 4 is 40.8 Å². The van der Waals surface area contributed by atoms with Gasteiger partial charge in [0.15, 0.2) is 6.10 Å². The highest BCUT2D eigenvalue weighted by molar-refractivity contribution is 6.35. The van der Waals surface area contributed by atoms with E-state index in [9.17, 15) is 9.59 Å². The first-order chi connectivity index (χ1) is 11.9. The molecule has 1 atom stereocenters. The summed E-state index contributed by atoms with van der Waals surface area (Å²) in [6.07, 6.45) is -0.989. The van der Waals surface area contributed by atoms with Gasteiger partial charge in [-0.2, -0.15) is 0 Å². The van der Waals surface area contributed by atoms with Crippen LogP contribution in [0.4, 0.5) is 5.69 Å². The second-order valence-corrected chi connectivity index (χ2v) is 6.08. The van der Waals surface area contributed by atoms with Gasteiger partial charge in [-0.3, -0.25) is 9.59 Å². The summed E-state index contributed by atoms with van der Waals surface area (Å²) < 4.78 is 10.4. The maximum atomic E-state index is 12.2. The molecule has 0 aliphatic heterocycles. The molecule has 132 valence electrons. The van der Waals surface area contributed by atoms with Crippen LogP contribution >= 0.6 is 23.2 Å². The Bertz CT molecular complexity index is 779. The first kappa shape index (κ1) is 19.1. The molecule has 0 saturated carbocycles. The van der Waals surface area contributed by atoms with E-state index in [4.69, 9.17) is 32.7 Å². The van der Waals surface area contributed by atoms with Crippen molar-refractivity contribution in [2.45, 2.75) is 19.4 Å².